The van der Waals surface area contributed by atoms with Gasteiger partial charge in [-0.1, -0.05) is 6.07 Å². The minimum atomic E-state index is -0.250. The van der Waals surface area contributed by atoms with Gasteiger partial charge in [-0.05, 0) is 24.6 Å². The third-order valence-corrected chi connectivity index (χ3v) is 4.90. The van der Waals surface area contributed by atoms with Crippen LogP contribution in [0.25, 0.3) is 10.9 Å². The first kappa shape index (κ1) is 23.6. The quantitative estimate of drug-likeness (QED) is 0.480. The van der Waals surface area contributed by atoms with Crippen molar-refractivity contribution in [2.75, 3.05) is 33.2 Å². The largest absolute Gasteiger partial charge is 0.493 e. The molecular formula is C23H26N4O6. The number of fused-ring (bicyclic) bond motifs is 1. The van der Waals surface area contributed by atoms with Gasteiger partial charge in [-0.3, -0.25) is 19.0 Å². The molecule has 10 heteroatoms. The second-order valence-corrected chi connectivity index (χ2v) is 7.11. The van der Waals surface area contributed by atoms with E-state index in [-0.39, 0.29) is 30.4 Å². The molecule has 1 aromatic heterocycles. The molecule has 2 amide bonds. The number of hydrogen-bond donors (Lipinski definition) is 2. The predicted molar refractivity (Wildman–Crippen MR) is 123 cm³/mol. The molecule has 3 rings (SSSR count). The van der Waals surface area contributed by atoms with Gasteiger partial charge in [0.1, 0.15) is 5.75 Å². The number of nitrogens with zero attached hydrogens (tertiary/aromatic N) is 2. The SMILES string of the molecule is CNC(=O)COc1cccc(NC(=O)CCCn2cnc3cc(OC)c(OC)cc3c2=O)c1. The van der Waals surface area contributed by atoms with Crippen LogP contribution >= 0.6 is 0 Å². The Kier molecular flexibility index (Phi) is 7.85. The van der Waals surface area contributed by atoms with E-state index in [1.807, 2.05) is 0 Å². The van der Waals surface area contributed by atoms with E-state index in [2.05, 4.69) is 15.6 Å². The second kappa shape index (κ2) is 11.0. The van der Waals surface area contributed by atoms with Crippen molar-refractivity contribution in [3.8, 4) is 17.2 Å². The third-order valence-electron chi connectivity index (χ3n) is 4.90. The van der Waals surface area contributed by atoms with Crippen molar-refractivity contribution in [1.29, 1.82) is 0 Å². The standard InChI is InChI=1S/C23H26N4O6/c1-24-22(29)13-33-16-7-4-6-15(10-16)26-21(28)8-5-9-27-14-25-18-12-20(32-3)19(31-2)11-17(18)23(27)30/h4,6-7,10-12,14H,5,8-9,13H2,1-3H3,(H,24,29)(H,26,28). The van der Waals surface area contributed by atoms with Crippen LogP contribution in [0.15, 0.2) is 47.5 Å². The highest BCUT2D eigenvalue weighted by Gasteiger charge is 2.12. The zero-order chi connectivity index (χ0) is 23.8. The summed E-state index contributed by atoms with van der Waals surface area (Å²) in [7, 11) is 4.55. The predicted octanol–water partition coefficient (Wildman–Crippen LogP) is 1.96. The Balaban J connectivity index is 1.59. The van der Waals surface area contributed by atoms with E-state index >= 15 is 0 Å². The monoisotopic (exact) mass is 454 g/mol. The maximum atomic E-state index is 12.8. The van der Waals surface area contributed by atoms with Gasteiger partial charge in [0.15, 0.2) is 18.1 Å². The van der Waals surface area contributed by atoms with Crippen LogP contribution in [-0.4, -0.2) is 49.2 Å². The number of aryl methyl sites for hydroxylation is 1. The zero-order valence-corrected chi connectivity index (χ0v) is 18.7. The molecule has 0 unspecified atom stereocenters. The number of rotatable bonds is 10. The average Bonchev–Trinajstić information content (AvgIpc) is 2.83. The summed E-state index contributed by atoms with van der Waals surface area (Å²) in [5.41, 5.74) is 0.840. The summed E-state index contributed by atoms with van der Waals surface area (Å²) in [5, 5.41) is 5.67. The van der Waals surface area contributed by atoms with Gasteiger partial charge in [-0.15, -0.1) is 0 Å². The Morgan fingerprint density at radius 1 is 1.06 bits per heavy atom. The minimum Gasteiger partial charge on any atom is -0.493 e. The Morgan fingerprint density at radius 2 is 1.82 bits per heavy atom. The summed E-state index contributed by atoms with van der Waals surface area (Å²) in [4.78, 5) is 40.8. The summed E-state index contributed by atoms with van der Waals surface area (Å²) in [6.45, 7) is 0.222. The number of likely N-dealkylation sites (N-methyl/N-ethyl adjacent to an activating group) is 1. The van der Waals surface area contributed by atoms with Crippen molar-refractivity contribution < 1.29 is 23.8 Å². The second-order valence-electron chi connectivity index (χ2n) is 7.11. The van der Waals surface area contributed by atoms with Crippen LogP contribution in [0.4, 0.5) is 5.69 Å². The number of carbonyl (C=O) groups excluding carboxylic acids is 2. The molecule has 3 aromatic rings. The normalized spacial score (nSPS) is 10.5. The number of hydrogen-bond acceptors (Lipinski definition) is 7. The van der Waals surface area contributed by atoms with Crippen LogP contribution in [0.3, 0.4) is 0 Å². The van der Waals surface area contributed by atoms with E-state index < -0.39 is 0 Å². The number of benzene rings is 2. The first-order valence-electron chi connectivity index (χ1n) is 10.3. The number of ether oxygens (including phenoxy) is 3. The Bertz CT molecular complexity index is 1210. The fraction of sp³-hybridized carbons (Fsp3) is 0.304. The van der Waals surface area contributed by atoms with E-state index in [4.69, 9.17) is 14.2 Å². The van der Waals surface area contributed by atoms with E-state index in [9.17, 15) is 14.4 Å². The van der Waals surface area contributed by atoms with Crippen LogP contribution in [0.2, 0.25) is 0 Å². The van der Waals surface area contributed by atoms with Crippen LogP contribution in [0, 0.1) is 0 Å². The van der Waals surface area contributed by atoms with Crippen molar-refractivity contribution in [3.63, 3.8) is 0 Å². The summed E-state index contributed by atoms with van der Waals surface area (Å²) >= 11 is 0. The molecule has 0 aliphatic heterocycles. The number of nitrogens with one attached hydrogen (secondary N) is 2. The molecule has 33 heavy (non-hydrogen) atoms. The number of aromatic nitrogens is 2. The Labute approximate surface area is 190 Å². The molecule has 0 saturated carbocycles. The van der Waals surface area contributed by atoms with Gasteiger partial charge < -0.3 is 24.8 Å². The zero-order valence-electron chi connectivity index (χ0n) is 18.7. The fourth-order valence-electron chi connectivity index (χ4n) is 3.16. The number of anilines is 1. The summed E-state index contributed by atoms with van der Waals surface area (Å²) < 4.78 is 17.4. The number of amides is 2. The van der Waals surface area contributed by atoms with Gasteiger partial charge in [0.25, 0.3) is 11.5 Å². The summed E-state index contributed by atoms with van der Waals surface area (Å²) in [6.07, 6.45) is 2.11. The lowest BCUT2D eigenvalue weighted by molar-refractivity contribution is -0.122. The van der Waals surface area contributed by atoms with Crippen LogP contribution in [-0.2, 0) is 16.1 Å². The molecule has 0 radical (unpaired) electrons. The first-order valence-corrected chi connectivity index (χ1v) is 10.3. The molecule has 0 fully saturated rings. The molecule has 0 aliphatic carbocycles. The lowest BCUT2D eigenvalue weighted by Gasteiger charge is -2.11. The molecule has 0 saturated heterocycles. The highest BCUT2D eigenvalue weighted by Crippen LogP contribution is 2.29. The van der Waals surface area contributed by atoms with Crippen molar-refractivity contribution >= 4 is 28.4 Å². The maximum absolute atomic E-state index is 12.8. The molecule has 2 aromatic carbocycles. The number of carbonyl (C=O) groups is 2. The van der Waals surface area contributed by atoms with E-state index in [0.717, 1.165) is 0 Å². The fourth-order valence-corrected chi connectivity index (χ4v) is 3.16. The minimum absolute atomic E-state index is 0.110. The molecule has 0 spiro atoms. The maximum Gasteiger partial charge on any atom is 0.261 e. The molecule has 0 aliphatic rings. The molecule has 10 nitrogen and oxygen atoms in total. The Hall–Kier alpha value is -4.08. The van der Waals surface area contributed by atoms with E-state index in [0.29, 0.717) is 46.8 Å². The average molecular weight is 454 g/mol. The topological polar surface area (TPSA) is 121 Å². The molecule has 1 heterocycles. The third kappa shape index (κ3) is 6.00. The van der Waals surface area contributed by atoms with Crippen LogP contribution in [0.5, 0.6) is 17.2 Å². The molecular weight excluding hydrogens is 428 g/mol. The van der Waals surface area contributed by atoms with E-state index in [1.54, 1.807) is 36.4 Å². The van der Waals surface area contributed by atoms with Gasteiger partial charge in [0.2, 0.25) is 5.91 Å². The van der Waals surface area contributed by atoms with Gasteiger partial charge in [-0.25, -0.2) is 4.98 Å². The van der Waals surface area contributed by atoms with Crippen molar-refractivity contribution in [1.82, 2.24) is 14.9 Å². The van der Waals surface area contributed by atoms with Gasteiger partial charge in [0, 0.05) is 37.8 Å². The summed E-state index contributed by atoms with van der Waals surface area (Å²) in [6, 6.07) is 10.0. The van der Waals surface area contributed by atoms with Crippen molar-refractivity contribution in [3.05, 3.63) is 53.1 Å². The highest BCUT2D eigenvalue weighted by atomic mass is 16.5. The Morgan fingerprint density at radius 3 is 2.55 bits per heavy atom. The van der Waals surface area contributed by atoms with Crippen LogP contribution in [0.1, 0.15) is 12.8 Å². The summed E-state index contributed by atoms with van der Waals surface area (Å²) in [5.74, 6) is 0.960. The molecule has 2 N–H and O–H groups in total. The molecule has 174 valence electrons. The van der Waals surface area contributed by atoms with Gasteiger partial charge in [-0.2, -0.15) is 0 Å². The van der Waals surface area contributed by atoms with Gasteiger partial charge >= 0.3 is 0 Å². The van der Waals surface area contributed by atoms with Crippen molar-refractivity contribution in [2.24, 2.45) is 0 Å². The first-order chi connectivity index (χ1) is 15.9. The smallest absolute Gasteiger partial charge is 0.261 e. The highest BCUT2D eigenvalue weighted by molar-refractivity contribution is 5.90. The van der Waals surface area contributed by atoms with Gasteiger partial charge in [0.05, 0.1) is 31.4 Å². The molecule has 0 atom stereocenters. The van der Waals surface area contributed by atoms with Crippen molar-refractivity contribution in [2.45, 2.75) is 19.4 Å². The van der Waals surface area contributed by atoms with Crippen LogP contribution < -0.4 is 30.4 Å². The van der Waals surface area contributed by atoms with E-state index in [1.165, 1.54) is 32.2 Å². The lowest BCUT2D eigenvalue weighted by Crippen LogP contribution is -2.24. The molecule has 0 bridgehead atoms. The number of methoxy groups -OCH3 is 2. The lowest BCUT2D eigenvalue weighted by atomic mass is 10.2.